The molecule has 1 aromatic rings. The van der Waals surface area contributed by atoms with E-state index in [0.29, 0.717) is 0 Å². The van der Waals surface area contributed by atoms with Crippen molar-refractivity contribution in [2.45, 2.75) is 25.3 Å². The zero-order valence-electron chi connectivity index (χ0n) is 12.3. The number of rotatable bonds is 2. The topological polar surface area (TPSA) is 74.5 Å². The molecule has 1 atom stereocenters. The number of nitrogen functional groups attached to an aromatic ring is 1. The van der Waals surface area contributed by atoms with Crippen LogP contribution in [0.1, 0.15) is 19.3 Å². The number of amides is 1. The number of nitrogens with one attached hydrogen (secondary N) is 1. The van der Waals surface area contributed by atoms with Crippen molar-refractivity contribution in [2.75, 3.05) is 43.4 Å². The third-order valence-electron chi connectivity index (χ3n) is 4.38. The second-order valence-corrected chi connectivity index (χ2v) is 5.74. The third-order valence-corrected chi connectivity index (χ3v) is 4.38. The molecule has 114 valence electrons. The maximum atomic E-state index is 12.1. The number of hydrogen-bond acceptors (Lipinski definition) is 5. The van der Waals surface area contributed by atoms with Crippen LogP contribution in [0.3, 0.4) is 0 Å². The van der Waals surface area contributed by atoms with Gasteiger partial charge in [-0.05, 0) is 31.4 Å². The largest absolute Gasteiger partial charge is 0.396 e. The lowest BCUT2D eigenvalue weighted by molar-refractivity contribution is -0.126. The Morgan fingerprint density at radius 1 is 1.24 bits per heavy atom. The maximum Gasteiger partial charge on any atom is 0.237 e. The van der Waals surface area contributed by atoms with Crippen molar-refractivity contribution in [2.24, 2.45) is 0 Å². The van der Waals surface area contributed by atoms with E-state index in [-0.39, 0.29) is 11.9 Å². The van der Waals surface area contributed by atoms with Gasteiger partial charge in [0.25, 0.3) is 0 Å². The lowest BCUT2D eigenvalue weighted by Gasteiger charge is -2.39. The van der Waals surface area contributed by atoms with E-state index in [1.807, 2.05) is 12.1 Å². The highest BCUT2D eigenvalue weighted by Crippen LogP contribution is 2.22. The maximum absolute atomic E-state index is 12.1. The number of pyridine rings is 1. The molecule has 1 amide bonds. The molecule has 3 rings (SSSR count). The molecule has 0 aromatic carbocycles. The minimum Gasteiger partial charge on any atom is -0.396 e. The molecule has 0 radical (unpaired) electrons. The van der Waals surface area contributed by atoms with Crippen molar-refractivity contribution in [1.82, 2.24) is 15.2 Å². The Balaban J connectivity index is 1.62. The molecule has 6 nitrogen and oxygen atoms in total. The quantitative estimate of drug-likeness (QED) is 0.827. The summed E-state index contributed by atoms with van der Waals surface area (Å²) in [4.78, 5) is 21.0. The second-order valence-electron chi connectivity index (χ2n) is 5.74. The smallest absolute Gasteiger partial charge is 0.237 e. The van der Waals surface area contributed by atoms with Gasteiger partial charge in [-0.3, -0.25) is 9.69 Å². The summed E-state index contributed by atoms with van der Waals surface area (Å²) in [6.07, 6.45) is 4.96. The van der Waals surface area contributed by atoms with Crippen LogP contribution in [0.15, 0.2) is 18.3 Å². The monoisotopic (exact) mass is 289 g/mol. The number of aromatic nitrogens is 1. The summed E-state index contributed by atoms with van der Waals surface area (Å²) >= 11 is 0. The Morgan fingerprint density at radius 2 is 2.05 bits per heavy atom. The summed E-state index contributed by atoms with van der Waals surface area (Å²) in [6, 6.07) is 3.77. The summed E-state index contributed by atoms with van der Waals surface area (Å²) in [6.45, 7) is 4.32. The molecule has 2 aliphatic heterocycles. The van der Waals surface area contributed by atoms with Gasteiger partial charge in [0.1, 0.15) is 0 Å². The SMILES string of the molecule is Nc1cccnc1N1CCN(C2CCCCNC2=O)CC1. The van der Waals surface area contributed by atoms with E-state index >= 15 is 0 Å². The van der Waals surface area contributed by atoms with Gasteiger partial charge in [0.15, 0.2) is 5.82 Å². The van der Waals surface area contributed by atoms with Crippen molar-refractivity contribution in [3.63, 3.8) is 0 Å². The zero-order valence-corrected chi connectivity index (χ0v) is 12.3. The fourth-order valence-electron chi connectivity index (χ4n) is 3.19. The van der Waals surface area contributed by atoms with Crippen LogP contribution in [0.5, 0.6) is 0 Å². The van der Waals surface area contributed by atoms with Crippen LogP contribution < -0.4 is 16.0 Å². The highest BCUT2D eigenvalue weighted by Gasteiger charge is 2.30. The standard InChI is InChI=1S/C15H23N5O/c16-12-4-3-7-17-14(12)20-10-8-19(9-11-20)13-5-1-2-6-18-15(13)21/h3-4,7,13H,1-2,5-6,8-11,16H2,(H,18,21). The minimum absolute atomic E-state index is 0.0377. The highest BCUT2D eigenvalue weighted by molar-refractivity contribution is 5.82. The predicted octanol–water partition coefficient (Wildman–Crippen LogP) is 0.454. The molecule has 3 N–H and O–H groups in total. The molecule has 2 saturated heterocycles. The Labute approximate surface area is 125 Å². The average Bonchev–Trinajstić information content (AvgIpc) is 2.73. The van der Waals surface area contributed by atoms with Crippen molar-refractivity contribution < 1.29 is 4.79 Å². The van der Waals surface area contributed by atoms with Crippen LogP contribution in [0, 0.1) is 0 Å². The van der Waals surface area contributed by atoms with E-state index in [1.54, 1.807) is 6.20 Å². The fraction of sp³-hybridized carbons (Fsp3) is 0.600. The van der Waals surface area contributed by atoms with E-state index < -0.39 is 0 Å². The first-order valence-corrected chi connectivity index (χ1v) is 7.73. The summed E-state index contributed by atoms with van der Waals surface area (Å²) in [5.41, 5.74) is 6.71. The van der Waals surface area contributed by atoms with Gasteiger partial charge in [-0.25, -0.2) is 4.98 Å². The molecule has 1 unspecified atom stereocenters. The van der Waals surface area contributed by atoms with E-state index in [1.165, 1.54) is 0 Å². The first-order chi connectivity index (χ1) is 10.3. The van der Waals surface area contributed by atoms with Crippen molar-refractivity contribution in [3.05, 3.63) is 18.3 Å². The molecule has 1 aromatic heterocycles. The van der Waals surface area contributed by atoms with E-state index in [2.05, 4.69) is 20.1 Å². The molecule has 0 bridgehead atoms. The molecule has 0 spiro atoms. The fourth-order valence-corrected chi connectivity index (χ4v) is 3.19. The third kappa shape index (κ3) is 3.10. The van der Waals surface area contributed by atoms with Crippen LogP contribution in [0.25, 0.3) is 0 Å². The normalized spacial score (nSPS) is 24.5. The van der Waals surface area contributed by atoms with Gasteiger partial charge >= 0.3 is 0 Å². The molecule has 0 saturated carbocycles. The number of carbonyl (C=O) groups excluding carboxylic acids is 1. The molecule has 3 heterocycles. The van der Waals surface area contributed by atoms with Crippen LogP contribution in [0.4, 0.5) is 11.5 Å². The predicted molar refractivity (Wildman–Crippen MR) is 83.1 cm³/mol. The molecule has 0 aliphatic carbocycles. The van der Waals surface area contributed by atoms with Gasteiger partial charge in [-0.15, -0.1) is 0 Å². The Morgan fingerprint density at radius 3 is 2.81 bits per heavy atom. The van der Waals surface area contributed by atoms with Crippen LogP contribution >= 0.6 is 0 Å². The second kappa shape index (κ2) is 6.30. The molecular formula is C15H23N5O. The van der Waals surface area contributed by atoms with Crippen molar-refractivity contribution in [3.8, 4) is 0 Å². The lowest BCUT2D eigenvalue weighted by atomic mass is 10.1. The Kier molecular flexibility index (Phi) is 4.24. The van der Waals surface area contributed by atoms with Crippen LogP contribution in [-0.4, -0.2) is 54.6 Å². The summed E-state index contributed by atoms with van der Waals surface area (Å²) in [5, 5.41) is 3.02. The van der Waals surface area contributed by atoms with Crippen molar-refractivity contribution in [1.29, 1.82) is 0 Å². The molecule has 21 heavy (non-hydrogen) atoms. The number of carbonyl (C=O) groups is 1. The lowest BCUT2D eigenvalue weighted by Crippen LogP contribution is -2.54. The van der Waals surface area contributed by atoms with Crippen LogP contribution in [0.2, 0.25) is 0 Å². The number of nitrogens with zero attached hydrogens (tertiary/aromatic N) is 3. The number of hydrogen-bond donors (Lipinski definition) is 2. The minimum atomic E-state index is 0.0377. The van der Waals surface area contributed by atoms with Gasteiger partial charge in [-0.2, -0.15) is 0 Å². The molecule has 2 fully saturated rings. The van der Waals surface area contributed by atoms with Crippen molar-refractivity contribution >= 4 is 17.4 Å². The van der Waals surface area contributed by atoms with E-state index in [0.717, 1.165) is 63.5 Å². The van der Waals surface area contributed by atoms with Crippen LogP contribution in [-0.2, 0) is 4.79 Å². The first-order valence-electron chi connectivity index (χ1n) is 7.73. The van der Waals surface area contributed by atoms with Gasteiger partial charge in [0, 0.05) is 38.9 Å². The van der Waals surface area contributed by atoms with E-state index in [9.17, 15) is 4.79 Å². The Hall–Kier alpha value is -1.82. The summed E-state index contributed by atoms with van der Waals surface area (Å²) in [7, 11) is 0. The zero-order chi connectivity index (χ0) is 14.7. The summed E-state index contributed by atoms with van der Waals surface area (Å²) in [5.74, 6) is 1.06. The van der Waals surface area contributed by atoms with Gasteiger partial charge in [0.2, 0.25) is 5.91 Å². The molecule has 2 aliphatic rings. The number of piperazine rings is 1. The Bertz CT molecular complexity index is 499. The van der Waals surface area contributed by atoms with Gasteiger partial charge in [0.05, 0.1) is 11.7 Å². The first kappa shape index (κ1) is 14.1. The highest BCUT2D eigenvalue weighted by atomic mass is 16.2. The average molecular weight is 289 g/mol. The number of nitrogens with two attached hydrogens (primary N) is 1. The molecular weight excluding hydrogens is 266 g/mol. The van der Waals surface area contributed by atoms with Gasteiger partial charge in [-0.1, -0.05) is 0 Å². The molecule has 6 heteroatoms. The summed E-state index contributed by atoms with van der Waals surface area (Å²) < 4.78 is 0. The van der Waals surface area contributed by atoms with Gasteiger partial charge < -0.3 is 16.0 Å². The van der Waals surface area contributed by atoms with E-state index in [4.69, 9.17) is 5.73 Å². The number of anilines is 2.